The molecule has 0 aromatic rings. The molecule has 0 aromatic carbocycles. The maximum Gasteiger partial charge on any atom is 0.0177 e. The van der Waals surface area contributed by atoms with Crippen molar-refractivity contribution < 1.29 is 0 Å². The molecule has 11 heavy (non-hydrogen) atoms. The van der Waals surface area contributed by atoms with E-state index in [9.17, 15) is 0 Å². The molecule has 0 radical (unpaired) electrons. The standard InChI is InChI=1S/C9H18ClN/c1-4-9(10)7-8-11(5-2)6-3/h7H,4-6,8H2,1-3H3/b9-7-. The second-order valence-corrected chi connectivity index (χ2v) is 2.98. The predicted molar refractivity (Wildman–Crippen MR) is 52.0 cm³/mol. The minimum atomic E-state index is 0.947. The quantitative estimate of drug-likeness (QED) is 0.621. The van der Waals surface area contributed by atoms with Crippen molar-refractivity contribution in [1.29, 1.82) is 0 Å². The van der Waals surface area contributed by atoms with Gasteiger partial charge < -0.3 is 4.90 Å². The molecule has 0 aliphatic heterocycles. The van der Waals surface area contributed by atoms with Gasteiger partial charge in [0.25, 0.3) is 0 Å². The summed E-state index contributed by atoms with van der Waals surface area (Å²) in [6.07, 6.45) is 3.04. The van der Waals surface area contributed by atoms with E-state index in [2.05, 4.69) is 31.7 Å². The Hall–Kier alpha value is -0.0100. The van der Waals surface area contributed by atoms with Crippen molar-refractivity contribution in [2.24, 2.45) is 0 Å². The molecule has 0 N–H and O–H groups in total. The third kappa shape index (κ3) is 5.28. The van der Waals surface area contributed by atoms with Gasteiger partial charge in [0.15, 0.2) is 0 Å². The van der Waals surface area contributed by atoms with Gasteiger partial charge in [0.05, 0.1) is 0 Å². The van der Waals surface area contributed by atoms with Crippen LogP contribution in [0.25, 0.3) is 0 Å². The molecule has 0 aliphatic carbocycles. The van der Waals surface area contributed by atoms with Crippen molar-refractivity contribution in [3.63, 3.8) is 0 Å². The van der Waals surface area contributed by atoms with Gasteiger partial charge in [0, 0.05) is 11.6 Å². The van der Waals surface area contributed by atoms with E-state index < -0.39 is 0 Å². The first-order valence-corrected chi connectivity index (χ1v) is 4.69. The Bertz CT molecular complexity index is 117. The predicted octanol–water partition coefficient (Wildman–Crippen LogP) is 2.86. The van der Waals surface area contributed by atoms with E-state index in [4.69, 9.17) is 11.6 Å². The Morgan fingerprint density at radius 2 is 1.82 bits per heavy atom. The lowest BCUT2D eigenvalue weighted by Gasteiger charge is -2.15. The van der Waals surface area contributed by atoms with Crippen LogP contribution in [0.5, 0.6) is 0 Å². The smallest absolute Gasteiger partial charge is 0.0177 e. The minimum absolute atomic E-state index is 0.947. The summed E-state index contributed by atoms with van der Waals surface area (Å²) in [4.78, 5) is 2.33. The summed E-state index contributed by atoms with van der Waals surface area (Å²) >= 11 is 5.86. The van der Waals surface area contributed by atoms with Crippen LogP contribution >= 0.6 is 11.6 Å². The van der Waals surface area contributed by atoms with Crippen LogP contribution in [0.2, 0.25) is 0 Å². The molecular formula is C9H18ClN. The molecule has 0 heterocycles. The molecule has 0 atom stereocenters. The van der Waals surface area contributed by atoms with Crippen molar-refractivity contribution in [1.82, 2.24) is 4.90 Å². The first kappa shape index (κ1) is 11.0. The van der Waals surface area contributed by atoms with Gasteiger partial charge in [-0.15, -0.1) is 0 Å². The number of nitrogens with zero attached hydrogens (tertiary/aromatic N) is 1. The van der Waals surface area contributed by atoms with Gasteiger partial charge in [0.2, 0.25) is 0 Å². The number of rotatable bonds is 5. The first-order valence-electron chi connectivity index (χ1n) is 4.31. The van der Waals surface area contributed by atoms with E-state index in [-0.39, 0.29) is 0 Å². The topological polar surface area (TPSA) is 3.24 Å². The number of halogens is 1. The van der Waals surface area contributed by atoms with Gasteiger partial charge in [-0.3, -0.25) is 0 Å². The van der Waals surface area contributed by atoms with E-state index in [1.165, 1.54) is 0 Å². The summed E-state index contributed by atoms with van der Waals surface area (Å²) < 4.78 is 0. The SMILES string of the molecule is CC/C(Cl)=C/CN(CC)CC. The van der Waals surface area contributed by atoms with Crippen LogP contribution in [-0.2, 0) is 0 Å². The number of hydrogen-bond donors (Lipinski definition) is 0. The molecule has 0 aliphatic rings. The van der Waals surface area contributed by atoms with Crippen molar-refractivity contribution in [3.05, 3.63) is 11.1 Å². The molecule has 0 fully saturated rings. The zero-order valence-corrected chi connectivity index (χ0v) is 8.49. The fraction of sp³-hybridized carbons (Fsp3) is 0.778. The van der Waals surface area contributed by atoms with Gasteiger partial charge >= 0.3 is 0 Å². The van der Waals surface area contributed by atoms with Crippen LogP contribution in [0.15, 0.2) is 11.1 Å². The second-order valence-electron chi connectivity index (χ2n) is 2.49. The summed E-state index contributed by atoms with van der Waals surface area (Å²) in [6.45, 7) is 9.58. The zero-order chi connectivity index (χ0) is 8.69. The lowest BCUT2D eigenvalue weighted by atomic mass is 10.4. The second kappa shape index (κ2) is 6.68. The van der Waals surface area contributed by atoms with Gasteiger partial charge in [-0.25, -0.2) is 0 Å². The van der Waals surface area contributed by atoms with E-state index in [1.807, 2.05) is 0 Å². The summed E-state index contributed by atoms with van der Waals surface area (Å²) in [7, 11) is 0. The molecule has 0 saturated heterocycles. The Morgan fingerprint density at radius 3 is 2.18 bits per heavy atom. The number of allylic oxidation sites excluding steroid dienone is 1. The molecule has 0 aromatic heterocycles. The molecule has 2 heteroatoms. The normalized spacial score (nSPS) is 12.6. The van der Waals surface area contributed by atoms with E-state index in [0.29, 0.717) is 0 Å². The fourth-order valence-electron chi connectivity index (χ4n) is 0.854. The average molecular weight is 176 g/mol. The van der Waals surface area contributed by atoms with E-state index in [0.717, 1.165) is 31.1 Å². The molecule has 0 amide bonds. The lowest BCUT2D eigenvalue weighted by Crippen LogP contribution is -2.22. The highest BCUT2D eigenvalue weighted by atomic mass is 35.5. The molecular weight excluding hydrogens is 158 g/mol. The molecule has 0 rings (SSSR count). The molecule has 0 bridgehead atoms. The molecule has 1 nitrogen and oxygen atoms in total. The average Bonchev–Trinajstić information content (AvgIpc) is 2.06. The van der Waals surface area contributed by atoms with Crippen LogP contribution in [0.3, 0.4) is 0 Å². The van der Waals surface area contributed by atoms with Gasteiger partial charge in [-0.2, -0.15) is 0 Å². The third-order valence-corrected chi connectivity index (χ3v) is 2.22. The number of likely N-dealkylation sites (N-methyl/N-ethyl adjacent to an activating group) is 1. The Labute approximate surface area is 75.0 Å². The van der Waals surface area contributed by atoms with E-state index in [1.54, 1.807) is 0 Å². The highest BCUT2D eigenvalue weighted by molar-refractivity contribution is 6.29. The highest BCUT2D eigenvalue weighted by Gasteiger charge is 1.95. The summed E-state index contributed by atoms with van der Waals surface area (Å²) in [5.74, 6) is 0. The first-order chi connectivity index (χ1) is 5.24. The summed E-state index contributed by atoms with van der Waals surface area (Å²) in [5.41, 5.74) is 0. The zero-order valence-electron chi connectivity index (χ0n) is 7.73. The van der Waals surface area contributed by atoms with Crippen molar-refractivity contribution >= 4 is 11.6 Å². The van der Waals surface area contributed by atoms with Crippen LogP contribution < -0.4 is 0 Å². The Morgan fingerprint density at radius 1 is 1.27 bits per heavy atom. The van der Waals surface area contributed by atoms with Crippen molar-refractivity contribution in [2.75, 3.05) is 19.6 Å². The monoisotopic (exact) mass is 175 g/mol. The maximum atomic E-state index is 5.86. The van der Waals surface area contributed by atoms with Crippen LogP contribution in [0.4, 0.5) is 0 Å². The molecule has 66 valence electrons. The van der Waals surface area contributed by atoms with Gasteiger partial charge in [0.1, 0.15) is 0 Å². The fourth-order valence-corrected chi connectivity index (χ4v) is 0.923. The Balaban J connectivity index is 3.65. The molecule has 0 saturated carbocycles. The molecule has 0 spiro atoms. The van der Waals surface area contributed by atoms with Crippen molar-refractivity contribution in [3.8, 4) is 0 Å². The van der Waals surface area contributed by atoms with Gasteiger partial charge in [-0.1, -0.05) is 38.4 Å². The third-order valence-electron chi connectivity index (χ3n) is 1.80. The summed E-state index contributed by atoms with van der Waals surface area (Å²) in [6, 6.07) is 0. The minimum Gasteiger partial charge on any atom is -0.300 e. The maximum absolute atomic E-state index is 5.86. The number of hydrogen-bond acceptors (Lipinski definition) is 1. The van der Waals surface area contributed by atoms with Crippen molar-refractivity contribution in [2.45, 2.75) is 27.2 Å². The Kier molecular flexibility index (Phi) is 6.68. The van der Waals surface area contributed by atoms with E-state index >= 15 is 0 Å². The summed E-state index contributed by atoms with van der Waals surface area (Å²) in [5, 5.41) is 0.969. The lowest BCUT2D eigenvalue weighted by molar-refractivity contribution is 0.337. The highest BCUT2D eigenvalue weighted by Crippen LogP contribution is 2.05. The van der Waals surface area contributed by atoms with Crippen LogP contribution in [0.1, 0.15) is 27.2 Å². The molecule has 0 unspecified atom stereocenters. The van der Waals surface area contributed by atoms with Crippen LogP contribution in [0, 0.1) is 0 Å². The van der Waals surface area contributed by atoms with Crippen LogP contribution in [-0.4, -0.2) is 24.5 Å². The van der Waals surface area contributed by atoms with Gasteiger partial charge in [-0.05, 0) is 19.5 Å². The largest absolute Gasteiger partial charge is 0.300 e.